The van der Waals surface area contributed by atoms with Gasteiger partial charge < -0.3 is 10.2 Å². The average molecular weight is 338 g/mol. The van der Waals surface area contributed by atoms with E-state index in [-0.39, 0.29) is 23.6 Å². The molecule has 0 spiro atoms. The molecule has 3 rings (SSSR count). The lowest BCUT2D eigenvalue weighted by atomic mass is 10.0. The number of rotatable bonds is 4. The van der Waals surface area contributed by atoms with Crippen LogP contribution in [0, 0.1) is 0 Å². The Labute approximate surface area is 139 Å². The van der Waals surface area contributed by atoms with Crippen molar-refractivity contribution in [1.29, 1.82) is 0 Å². The van der Waals surface area contributed by atoms with Crippen LogP contribution in [-0.2, 0) is 0 Å². The number of carbonyl (C=O) groups excluding carboxylic acids is 1. The smallest absolute Gasteiger partial charge is 0.333 e. The zero-order valence-corrected chi connectivity index (χ0v) is 13.4. The van der Waals surface area contributed by atoms with Crippen LogP contribution < -0.4 is 5.32 Å². The van der Waals surface area contributed by atoms with Gasteiger partial charge in [-0.1, -0.05) is 18.7 Å². The van der Waals surface area contributed by atoms with Crippen LogP contribution in [-0.4, -0.2) is 42.2 Å². The van der Waals surface area contributed by atoms with Crippen LogP contribution in [0.1, 0.15) is 41.6 Å². The molecule has 1 saturated carbocycles. The van der Waals surface area contributed by atoms with Gasteiger partial charge in [0.15, 0.2) is 0 Å². The number of benzene rings is 1. The maximum Gasteiger partial charge on any atom is 0.416 e. The van der Waals surface area contributed by atoms with Gasteiger partial charge >= 0.3 is 6.18 Å². The molecule has 130 valence electrons. The first-order valence-electron chi connectivity index (χ1n) is 8.28. The number of hydrogen-bond acceptors (Lipinski definition) is 2. The zero-order chi connectivity index (χ0) is 17.3. The van der Waals surface area contributed by atoms with E-state index in [2.05, 4.69) is 11.9 Å². The third-order valence-electron chi connectivity index (χ3n) is 4.70. The van der Waals surface area contributed by atoms with E-state index in [0.717, 1.165) is 38.8 Å². The highest BCUT2D eigenvalue weighted by atomic mass is 19.4. The number of carbonyl (C=O) groups is 1. The number of amides is 1. The maximum absolute atomic E-state index is 12.9. The highest BCUT2D eigenvalue weighted by Crippen LogP contribution is 2.34. The van der Waals surface area contributed by atoms with Crippen molar-refractivity contribution in [1.82, 2.24) is 10.2 Å². The van der Waals surface area contributed by atoms with Gasteiger partial charge in [-0.15, -0.1) is 0 Å². The van der Waals surface area contributed by atoms with Crippen molar-refractivity contribution in [3.8, 4) is 0 Å². The average Bonchev–Trinajstić information content (AvgIpc) is 3.39. The minimum absolute atomic E-state index is 0.00103. The summed E-state index contributed by atoms with van der Waals surface area (Å²) in [7, 11) is 0. The Morgan fingerprint density at radius 1 is 1.00 bits per heavy atom. The SMILES string of the molecule is C=C(c1ccc(C(=O)N(C2CCNCC2)C2CC2)cc1)C(F)(F)F. The lowest BCUT2D eigenvalue weighted by Crippen LogP contribution is -2.47. The summed E-state index contributed by atoms with van der Waals surface area (Å²) in [6.07, 6.45) is -0.589. The fraction of sp³-hybridized carbons (Fsp3) is 0.500. The molecule has 6 heteroatoms. The number of nitrogens with one attached hydrogen (secondary N) is 1. The van der Waals surface area contributed by atoms with Crippen molar-refractivity contribution >= 4 is 11.5 Å². The number of hydrogen-bond donors (Lipinski definition) is 1. The first-order chi connectivity index (χ1) is 11.4. The Bertz CT molecular complexity index is 614. The number of alkyl halides is 3. The summed E-state index contributed by atoms with van der Waals surface area (Å²) >= 11 is 0. The summed E-state index contributed by atoms with van der Waals surface area (Å²) in [5.41, 5.74) is -0.447. The predicted molar refractivity (Wildman–Crippen MR) is 86.6 cm³/mol. The molecule has 1 amide bonds. The molecule has 2 fully saturated rings. The molecule has 0 aromatic heterocycles. The van der Waals surface area contributed by atoms with E-state index >= 15 is 0 Å². The first-order valence-corrected chi connectivity index (χ1v) is 8.28. The van der Waals surface area contributed by atoms with Gasteiger partial charge in [-0.05, 0) is 56.5 Å². The third-order valence-corrected chi connectivity index (χ3v) is 4.70. The lowest BCUT2D eigenvalue weighted by Gasteiger charge is -2.35. The van der Waals surface area contributed by atoms with Gasteiger partial charge in [-0.25, -0.2) is 0 Å². The molecule has 1 aliphatic carbocycles. The Kier molecular flexibility index (Phi) is 4.67. The second kappa shape index (κ2) is 6.59. The van der Waals surface area contributed by atoms with E-state index in [1.807, 2.05) is 4.90 Å². The molecular formula is C18H21F3N2O. The van der Waals surface area contributed by atoms with Crippen molar-refractivity contribution in [3.05, 3.63) is 42.0 Å². The minimum atomic E-state index is -4.46. The van der Waals surface area contributed by atoms with Crippen LogP contribution in [0.3, 0.4) is 0 Å². The molecular weight excluding hydrogens is 317 g/mol. The van der Waals surface area contributed by atoms with E-state index in [4.69, 9.17) is 0 Å². The van der Waals surface area contributed by atoms with Gasteiger partial charge in [0.05, 0.1) is 5.57 Å². The Morgan fingerprint density at radius 2 is 1.50 bits per heavy atom. The fourth-order valence-electron chi connectivity index (χ4n) is 3.19. The molecule has 0 atom stereocenters. The molecule has 1 saturated heterocycles. The van der Waals surface area contributed by atoms with Gasteiger partial charge in [0, 0.05) is 17.6 Å². The minimum Gasteiger partial charge on any atom is -0.333 e. The molecule has 1 aromatic rings. The summed E-state index contributed by atoms with van der Waals surface area (Å²) in [4.78, 5) is 14.8. The normalized spacial score (nSPS) is 19.1. The Hall–Kier alpha value is -1.82. The van der Waals surface area contributed by atoms with Gasteiger partial charge in [0.2, 0.25) is 0 Å². The summed E-state index contributed by atoms with van der Waals surface area (Å²) in [6, 6.07) is 6.12. The number of allylic oxidation sites excluding steroid dienone is 1. The maximum atomic E-state index is 12.9. The van der Waals surface area contributed by atoms with E-state index in [9.17, 15) is 18.0 Å². The highest BCUT2D eigenvalue weighted by molar-refractivity contribution is 5.95. The fourth-order valence-corrected chi connectivity index (χ4v) is 3.19. The summed E-state index contributed by atoms with van der Waals surface area (Å²) < 4.78 is 38.1. The summed E-state index contributed by atoms with van der Waals surface area (Å²) in [6.45, 7) is 4.88. The lowest BCUT2D eigenvalue weighted by molar-refractivity contribution is -0.0686. The zero-order valence-electron chi connectivity index (χ0n) is 13.4. The second-order valence-electron chi connectivity index (χ2n) is 6.48. The molecule has 1 heterocycles. The quantitative estimate of drug-likeness (QED) is 0.909. The molecule has 0 bridgehead atoms. The number of nitrogens with zero attached hydrogens (tertiary/aromatic N) is 1. The van der Waals surface area contributed by atoms with Crippen molar-refractivity contribution < 1.29 is 18.0 Å². The van der Waals surface area contributed by atoms with Crippen molar-refractivity contribution in [2.75, 3.05) is 13.1 Å². The molecule has 24 heavy (non-hydrogen) atoms. The van der Waals surface area contributed by atoms with Crippen molar-refractivity contribution in [2.45, 2.75) is 43.9 Å². The highest BCUT2D eigenvalue weighted by Gasteiger charge is 2.38. The van der Waals surface area contributed by atoms with E-state index in [1.165, 1.54) is 24.3 Å². The van der Waals surface area contributed by atoms with E-state index < -0.39 is 11.7 Å². The molecule has 1 aliphatic heterocycles. The molecule has 0 radical (unpaired) electrons. The van der Waals surface area contributed by atoms with Crippen molar-refractivity contribution in [3.63, 3.8) is 0 Å². The van der Waals surface area contributed by atoms with Crippen LogP contribution in [0.5, 0.6) is 0 Å². The van der Waals surface area contributed by atoms with E-state index in [1.54, 1.807) is 0 Å². The topological polar surface area (TPSA) is 32.3 Å². The monoisotopic (exact) mass is 338 g/mol. The summed E-state index contributed by atoms with van der Waals surface area (Å²) in [5, 5.41) is 3.29. The van der Waals surface area contributed by atoms with Gasteiger partial charge in [0.1, 0.15) is 0 Å². The molecule has 0 unspecified atom stereocenters. The van der Waals surface area contributed by atoms with E-state index in [0.29, 0.717) is 5.56 Å². The second-order valence-corrected chi connectivity index (χ2v) is 6.48. The molecule has 1 N–H and O–H groups in total. The van der Waals surface area contributed by atoms with Crippen LogP contribution in [0.2, 0.25) is 0 Å². The number of piperidine rings is 1. The predicted octanol–water partition coefficient (Wildman–Crippen LogP) is 3.62. The van der Waals surface area contributed by atoms with Gasteiger partial charge in [-0.2, -0.15) is 13.2 Å². The van der Waals surface area contributed by atoms with Crippen LogP contribution >= 0.6 is 0 Å². The van der Waals surface area contributed by atoms with Gasteiger partial charge in [0.25, 0.3) is 5.91 Å². The largest absolute Gasteiger partial charge is 0.416 e. The standard InChI is InChI=1S/C18H21F3N2O/c1-12(18(19,20)21)13-2-4-14(5-3-13)17(24)23(15-6-7-15)16-8-10-22-11-9-16/h2-5,15-16,22H,1,6-11H2. The van der Waals surface area contributed by atoms with Crippen LogP contribution in [0.15, 0.2) is 30.8 Å². The van der Waals surface area contributed by atoms with Crippen LogP contribution in [0.4, 0.5) is 13.2 Å². The molecule has 3 nitrogen and oxygen atoms in total. The third kappa shape index (κ3) is 3.64. The first kappa shape index (κ1) is 17.0. The summed E-state index contributed by atoms with van der Waals surface area (Å²) in [5.74, 6) is -0.0754. The van der Waals surface area contributed by atoms with Crippen molar-refractivity contribution in [2.24, 2.45) is 0 Å². The van der Waals surface area contributed by atoms with Gasteiger partial charge in [-0.3, -0.25) is 4.79 Å². The number of halogens is 3. The Morgan fingerprint density at radius 3 is 2.00 bits per heavy atom. The molecule has 2 aliphatic rings. The molecule has 1 aromatic carbocycles. The van der Waals surface area contributed by atoms with Crippen LogP contribution in [0.25, 0.3) is 5.57 Å². The Balaban J connectivity index is 1.77.